The van der Waals surface area contributed by atoms with Crippen LogP contribution >= 0.6 is 0 Å². The van der Waals surface area contributed by atoms with E-state index in [0.29, 0.717) is 43.2 Å². The lowest BCUT2D eigenvalue weighted by Crippen LogP contribution is -2.33. The topological polar surface area (TPSA) is 90.5 Å². The highest BCUT2D eigenvalue weighted by Gasteiger charge is 2.22. The van der Waals surface area contributed by atoms with Crippen LogP contribution in [0.1, 0.15) is 32.9 Å². The van der Waals surface area contributed by atoms with Gasteiger partial charge in [-0.1, -0.05) is 42.5 Å². The van der Waals surface area contributed by atoms with Crippen molar-refractivity contribution in [2.24, 2.45) is 0 Å². The van der Waals surface area contributed by atoms with E-state index in [1.54, 1.807) is 42.7 Å². The molecule has 0 aliphatic carbocycles. The van der Waals surface area contributed by atoms with Gasteiger partial charge in [0.1, 0.15) is 11.4 Å². The van der Waals surface area contributed by atoms with Gasteiger partial charge in [0.15, 0.2) is 0 Å². The minimum atomic E-state index is -0.405. The predicted octanol–water partition coefficient (Wildman–Crippen LogP) is 3.75. The molecule has 8 nitrogen and oxygen atoms in total. The van der Waals surface area contributed by atoms with Gasteiger partial charge < -0.3 is 9.64 Å². The first-order chi connectivity index (χ1) is 14.9. The second kappa shape index (κ2) is 9.99. The van der Waals surface area contributed by atoms with Crippen LogP contribution in [0.3, 0.4) is 0 Å². The van der Waals surface area contributed by atoms with E-state index in [1.807, 2.05) is 42.5 Å². The summed E-state index contributed by atoms with van der Waals surface area (Å²) < 4.78 is 6.79. The van der Waals surface area contributed by atoms with Crippen LogP contribution < -0.4 is 0 Å². The van der Waals surface area contributed by atoms with Crippen LogP contribution in [-0.2, 0) is 17.8 Å². The number of ether oxygens (including phenoxy) is 1. The predicted molar refractivity (Wildman–Crippen MR) is 117 cm³/mol. The van der Waals surface area contributed by atoms with Crippen LogP contribution in [0, 0.1) is 24.0 Å². The van der Waals surface area contributed by atoms with Crippen molar-refractivity contribution in [1.82, 2.24) is 14.7 Å². The number of hydrogen-bond acceptors (Lipinski definition) is 5. The zero-order valence-corrected chi connectivity index (χ0v) is 17.9. The van der Waals surface area contributed by atoms with Crippen LogP contribution in [0.4, 0.5) is 5.69 Å². The Kier molecular flexibility index (Phi) is 7.15. The largest absolute Gasteiger partial charge is 0.383 e. The molecule has 1 heterocycles. The Morgan fingerprint density at radius 2 is 1.77 bits per heavy atom. The summed E-state index contributed by atoms with van der Waals surface area (Å²) in [6, 6.07) is 17.1. The summed E-state index contributed by atoms with van der Waals surface area (Å²) in [6.45, 7) is 5.15. The lowest BCUT2D eigenvalue weighted by atomic mass is 10.1. The Morgan fingerprint density at radius 3 is 2.35 bits per heavy atom. The normalized spacial score (nSPS) is 10.8. The number of methoxy groups -OCH3 is 1. The lowest BCUT2D eigenvalue weighted by molar-refractivity contribution is -0.386. The van der Waals surface area contributed by atoms with E-state index in [-0.39, 0.29) is 11.6 Å². The van der Waals surface area contributed by atoms with E-state index in [1.165, 1.54) is 0 Å². The molecule has 0 N–H and O–H groups in total. The molecule has 0 fully saturated rings. The molecule has 0 aliphatic heterocycles. The third-order valence-corrected chi connectivity index (χ3v) is 5.13. The molecule has 0 spiro atoms. The second-order valence-electron chi connectivity index (χ2n) is 7.34. The molecule has 0 aliphatic rings. The molecule has 0 atom stereocenters. The van der Waals surface area contributed by atoms with Crippen molar-refractivity contribution in [1.29, 1.82) is 0 Å². The van der Waals surface area contributed by atoms with Gasteiger partial charge in [-0.05, 0) is 37.1 Å². The van der Waals surface area contributed by atoms with Crippen molar-refractivity contribution in [3.63, 3.8) is 0 Å². The zero-order chi connectivity index (χ0) is 22.4. The average Bonchev–Trinajstić information content (AvgIpc) is 3.04. The molecule has 3 rings (SSSR count). The van der Waals surface area contributed by atoms with Gasteiger partial charge in [0.2, 0.25) is 0 Å². The Morgan fingerprint density at radius 1 is 1.10 bits per heavy atom. The van der Waals surface area contributed by atoms with E-state index < -0.39 is 4.92 Å². The molecule has 0 unspecified atom stereocenters. The van der Waals surface area contributed by atoms with Crippen LogP contribution in [0.2, 0.25) is 0 Å². The molecular weight excluding hydrogens is 396 g/mol. The molecule has 3 aromatic rings. The van der Waals surface area contributed by atoms with Crippen molar-refractivity contribution < 1.29 is 14.5 Å². The number of nitro groups is 1. The molecule has 1 amide bonds. The van der Waals surface area contributed by atoms with Gasteiger partial charge in [0.25, 0.3) is 5.91 Å². The van der Waals surface area contributed by atoms with E-state index in [2.05, 4.69) is 5.10 Å². The third-order valence-electron chi connectivity index (χ3n) is 5.13. The first-order valence-corrected chi connectivity index (χ1v) is 10.00. The number of hydrogen-bond donors (Lipinski definition) is 0. The highest BCUT2D eigenvalue weighted by Crippen LogP contribution is 2.22. The fourth-order valence-corrected chi connectivity index (χ4v) is 3.47. The third kappa shape index (κ3) is 5.35. The Bertz CT molecular complexity index is 1050. The summed E-state index contributed by atoms with van der Waals surface area (Å²) in [4.78, 5) is 25.6. The van der Waals surface area contributed by atoms with Crippen molar-refractivity contribution in [3.05, 3.63) is 92.8 Å². The second-order valence-corrected chi connectivity index (χ2v) is 7.34. The molecule has 0 bridgehead atoms. The molecule has 0 radical (unpaired) electrons. The number of benzene rings is 2. The van der Waals surface area contributed by atoms with Crippen LogP contribution in [0.5, 0.6) is 0 Å². The Balaban J connectivity index is 1.75. The van der Waals surface area contributed by atoms with Crippen molar-refractivity contribution >= 4 is 11.6 Å². The number of rotatable bonds is 9. The van der Waals surface area contributed by atoms with Gasteiger partial charge in [-0.3, -0.25) is 19.6 Å². The van der Waals surface area contributed by atoms with E-state index in [4.69, 9.17) is 4.74 Å². The van der Waals surface area contributed by atoms with Crippen LogP contribution in [0.15, 0.2) is 54.6 Å². The molecule has 31 heavy (non-hydrogen) atoms. The van der Waals surface area contributed by atoms with Crippen molar-refractivity contribution in [3.8, 4) is 0 Å². The van der Waals surface area contributed by atoms with E-state index in [9.17, 15) is 14.9 Å². The van der Waals surface area contributed by atoms with Crippen molar-refractivity contribution in [2.75, 3.05) is 20.3 Å². The molecule has 0 saturated heterocycles. The highest BCUT2D eigenvalue weighted by molar-refractivity contribution is 5.94. The fourth-order valence-electron chi connectivity index (χ4n) is 3.47. The summed E-state index contributed by atoms with van der Waals surface area (Å²) in [5, 5.41) is 15.5. The van der Waals surface area contributed by atoms with Gasteiger partial charge in [-0.15, -0.1) is 0 Å². The lowest BCUT2D eigenvalue weighted by Gasteiger charge is -2.23. The molecule has 2 aromatic carbocycles. The summed E-state index contributed by atoms with van der Waals surface area (Å²) in [5.74, 6) is -0.0748. The summed E-state index contributed by atoms with van der Waals surface area (Å²) in [7, 11) is 1.61. The number of nitrogens with zero attached hydrogens (tertiary/aromatic N) is 4. The van der Waals surface area contributed by atoms with Gasteiger partial charge in [-0.2, -0.15) is 5.10 Å². The van der Waals surface area contributed by atoms with Gasteiger partial charge in [0, 0.05) is 25.8 Å². The molecule has 162 valence electrons. The standard InChI is InChI=1S/C23H26N4O4/c1-17-22(27(29)30)18(2)26(24-17)16-20-9-11-21(12-10-20)23(28)25(13-14-31-3)15-19-7-5-4-6-8-19/h4-12H,13-16H2,1-3H3. The summed E-state index contributed by atoms with van der Waals surface area (Å²) >= 11 is 0. The number of aromatic nitrogens is 2. The molecule has 1 aromatic heterocycles. The summed E-state index contributed by atoms with van der Waals surface area (Å²) in [5.41, 5.74) is 3.48. The minimum absolute atomic E-state index is 0.0431. The number of carbonyl (C=O) groups is 1. The Labute approximate surface area is 181 Å². The quantitative estimate of drug-likeness (QED) is 0.387. The highest BCUT2D eigenvalue weighted by atomic mass is 16.6. The average molecular weight is 422 g/mol. The van der Waals surface area contributed by atoms with Crippen LogP contribution in [0.25, 0.3) is 0 Å². The van der Waals surface area contributed by atoms with E-state index in [0.717, 1.165) is 11.1 Å². The van der Waals surface area contributed by atoms with Gasteiger partial charge in [0.05, 0.1) is 18.1 Å². The molecular formula is C23H26N4O4. The molecule has 8 heteroatoms. The summed E-state index contributed by atoms with van der Waals surface area (Å²) in [6.07, 6.45) is 0. The number of carbonyl (C=O) groups excluding carboxylic acids is 1. The number of amides is 1. The first-order valence-electron chi connectivity index (χ1n) is 10.00. The smallest absolute Gasteiger partial charge is 0.312 e. The maximum Gasteiger partial charge on any atom is 0.312 e. The van der Waals surface area contributed by atoms with Crippen molar-refractivity contribution in [2.45, 2.75) is 26.9 Å². The van der Waals surface area contributed by atoms with Gasteiger partial charge in [-0.25, -0.2) is 0 Å². The fraction of sp³-hybridized carbons (Fsp3) is 0.304. The molecule has 0 saturated carbocycles. The Hall–Kier alpha value is -3.52. The van der Waals surface area contributed by atoms with E-state index >= 15 is 0 Å². The SMILES string of the molecule is COCCN(Cc1ccccc1)C(=O)c1ccc(Cn2nc(C)c([N+](=O)[O-])c2C)cc1. The maximum absolute atomic E-state index is 13.1. The van der Waals surface area contributed by atoms with Gasteiger partial charge >= 0.3 is 5.69 Å². The monoisotopic (exact) mass is 422 g/mol. The number of aryl methyl sites for hydroxylation is 1. The maximum atomic E-state index is 13.1. The minimum Gasteiger partial charge on any atom is -0.383 e. The first kappa shape index (κ1) is 22.2. The zero-order valence-electron chi connectivity index (χ0n) is 17.9. The van der Waals surface area contributed by atoms with Crippen LogP contribution in [-0.4, -0.2) is 45.8 Å².